The summed E-state index contributed by atoms with van der Waals surface area (Å²) in [6.45, 7) is 1.78. The van der Waals surface area contributed by atoms with Crippen LogP contribution in [0.3, 0.4) is 0 Å². The monoisotopic (exact) mass is 240 g/mol. The zero-order valence-corrected chi connectivity index (χ0v) is 8.91. The van der Waals surface area contributed by atoms with E-state index in [2.05, 4.69) is 15.9 Å². The number of benzene rings is 1. The minimum Gasteiger partial charge on any atom is -0.369 e. The smallest absolute Gasteiger partial charge is 0.220 e. The van der Waals surface area contributed by atoms with Gasteiger partial charge in [-0.15, -0.1) is 0 Å². The molecule has 0 aliphatic carbocycles. The molecule has 0 unspecified atom stereocenters. The van der Waals surface area contributed by atoms with Crippen LogP contribution in [-0.4, -0.2) is 5.91 Å². The maximum Gasteiger partial charge on any atom is 0.220 e. The first kappa shape index (κ1) is 10.3. The summed E-state index contributed by atoms with van der Waals surface area (Å²) in [5.74, 6) is -0.533. The Hall–Kier alpha value is -0.830. The first-order valence-corrected chi connectivity index (χ1v) is 4.78. The van der Waals surface area contributed by atoms with Crippen molar-refractivity contribution in [3.8, 4) is 0 Å². The van der Waals surface area contributed by atoms with Crippen LogP contribution in [0, 0.1) is 12.3 Å². The van der Waals surface area contributed by atoms with Crippen molar-refractivity contribution in [2.24, 2.45) is 11.7 Å². The summed E-state index contributed by atoms with van der Waals surface area (Å²) in [6.07, 6.45) is 1.84. The van der Waals surface area contributed by atoms with E-state index in [-0.39, 0.29) is 11.8 Å². The highest BCUT2D eigenvalue weighted by atomic mass is 79.9. The second kappa shape index (κ2) is 4.42. The van der Waals surface area contributed by atoms with Gasteiger partial charge in [-0.2, -0.15) is 0 Å². The Morgan fingerprint density at radius 2 is 2.31 bits per heavy atom. The van der Waals surface area contributed by atoms with E-state index >= 15 is 0 Å². The van der Waals surface area contributed by atoms with Crippen LogP contribution in [0.15, 0.2) is 28.7 Å². The van der Waals surface area contributed by atoms with Crippen molar-refractivity contribution in [3.63, 3.8) is 0 Å². The molecule has 1 rings (SSSR count). The first-order valence-electron chi connectivity index (χ1n) is 3.99. The molecule has 13 heavy (non-hydrogen) atoms. The molecule has 0 heterocycles. The van der Waals surface area contributed by atoms with Crippen molar-refractivity contribution in [1.82, 2.24) is 0 Å². The molecule has 0 saturated heterocycles. The van der Waals surface area contributed by atoms with E-state index in [9.17, 15) is 4.79 Å². The van der Waals surface area contributed by atoms with Crippen molar-refractivity contribution in [1.29, 1.82) is 0 Å². The lowest BCUT2D eigenvalue weighted by Gasteiger charge is -2.06. The molecule has 1 radical (unpaired) electrons. The van der Waals surface area contributed by atoms with Gasteiger partial charge in [-0.1, -0.05) is 35.0 Å². The Morgan fingerprint density at radius 3 is 2.85 bits per heavy atom. The standard InChI is InChI=1S/C10H11BrNO/c1-7(10(12)13)5-8-3-2-4-9(11)6-8/h2-7H,1H3,(H2,12,13)/t7-/m0/s1. The van der Waals surface area contributed by atoms with Crippen LogP contribution in [0.5, 0.6) is 0 Å². The van der Waals surface area contributed by atoms with E-state index in [1.807, 2.05) is 30.7 Å². The van der Waals surface area contributed by atoms with Crippen LogP contribution in [0.1, 0.15) is 12.5 Å². The van der Waals surface area contributed by atoms with Crippen LogP contribution in [0.25, 0.3) is 0 Å². The Kier molecular flexibility index (Phi) is 3.48. The van der Waals surface area contributed by atoms with Crippen molar-refractivity contribution < 1.29 is 4.79 Å². The molecule has 0 aromatic heterocycles. The number of halogens is 1. The predicted octanol–water partition coefficient (Wildman–Crippen LogP) is 2.12. The third-order valence-corrected chi connectivity index (χ3v) is 2.23. The van der Waals surface area contributed by atoms with Gasteiger partial charge in [0, 0.05) is 16.8 Å². The molecule has 3 heteroatoms. The minimum absolute atomic E-state index is 0.228. The third-order valence-electron chi connectivity index (χ3n) is 1.74. The average Bonchev–Trinajstić information content (AvgIpc) is 2.04. The van der Waals surface area contributed by atoms with Gasteiger partial charge < -0.3 is 5.73 Å². The fourth-order valence-electron chi connectivity index (χ4n) is 0.981. The zero-order chi connectivity index (χ0) is 9.84. The van der Waals surface area contributed by atoms with Gasteiger partial charge in [0.2, 0.25) is 5.91 Å². The van der Waals surface area contributed by atoms with Crippen LogP contribution < -0.4 is 5.73 Å². The topological polar surface area (TPSA) is 43.1 Å². The summed E-state index contributed by atoms with van der Waals surface area (Å²) in [7, 11) is 0. The number of carbonyl (C=O) groups excluding carboxylic acids is 1. The molecule has 0 saturated carbocycles. The first-order chi connectivity index (χ1) is 6.09. The Balaban J connectivity index is 2.69. The van der Waals surface area contributed by atoms with Crippen LogP contribution in [0.4, 0.5) is 0 Å². The van der Waals surface area contributed by atoms with E-state index < -0.39 is 0 Å². The van der Waals surface area contributed by atoms with Crippen molar-refractivity contribution >= 4 is 21.8 Å². The molecule has 1 atom stereocenters. The summed E-state index contributed by atoms with van der Waals surface area (Å²) >= 11 is 3.35. The molecule has 0 aliphatic heterocycles. The summed E-state index contributed by atoms with van der Waals surface area (Å²) < 4.78 is 0.998. The van der Waals surface area contributed by atoms with Gasteiger partial charge in [0.1, 0.15) is 0 Å². The molecular formula is C10H11BrNO. The van der Waals surface area contributed by atoms with Gasteiger partial charge in [0.15, 0.2) is 0 Å². The molecule has 69 valence electrons. The fraction of sp³-hybridized carbons (Fsp3) is 0.200. The minimum atomic E-state index is -0.306. The van der Waals surface area contributed by atoms with Gasteiger partial charge in [-0.3, -0.25) is 4.79 Å². The summed E-state index contributed by atoms with van der Waals surface area (Å²) in [6, 6.07) is 7.74. The maximum atomic E-state index is 10.8. The molecule has 2 N–H and O–H groups in total. The molecule has 0 fully saturated rings. The highest BCUT2D eigenvalue weighted by molar-refractivity contribution is 9.10. The Bertz CT molecular complexity index is 312. The molecule has 1 aromatic rings. The number of rotatable bonds is 3. The van der Waals surface area contributed by atoms with Gasteiger partial charge in [-0.05, 0) is 17.7 Å². The van der Waals surface area contributed by atoms with Gasteiger partial charge in [0.25, 0.3) is 0 Å². The van der Waals surface area contributed by atoms with Crippen molar-refractivity contribution in [3.05, 3.63) is 40.7 Å². The lowest BCUT2D eigenvalue weighted by atomic mass is 10.0. The average molecular weight is 241 g/mol. The van der Waals surface area contributed by atoms with Crippen molar-refractivity contribution in [2.45, 2.75) is 6.92 Å². The van der Waals surface area contributed by atoms with Gasteiger partial charge in [-0.25, -0.2) is 0 Å². The van der Waals surface area contributed by atoms with E-state index in [0.29, 0.717) is 0 Å². The number of amides is 1. The maximum absolute atomic E-state index is 10.8. The lowest BCUT2D eigenvalue weighted by molar-refractivity contribution is -0.120. The van der Waals surface area contributed by atoms with E-state index in [0.717, 1.165) is 10.0 Å². The van der Waals surface area contributed by atoms with E-state index in [4.69, 9.17) is 5.73 Å². The highest BCUT2D eigenvalue weighted by Crippen LogP contribution is 2.16. The second-order valence-corrected chi connectivity index (χ2v) is 3.83. The largest absolute Gasteiger partial charge is 0.369 e. The predicted molar refractivity (Wildman–Crippen MR) is 55.9 cm³/mol. The molecule has 1 amide bonds. The number of nitrogens with two attached hydrogens (primary N) is 1. The van der Waals surface area contributed by atoms with Crippen LogP contribution in [0.2, 0.25) is 0 Å². The molecular weight excluding hydrogens is 230 g/mol. The second-order valence-electron chi connectivity index (χ2n) is 2.91. The normalized spacial score (nSPS) is 12.5. The Morgan fingerprint density at radius 1 is 1.62 bits per heavy atom. The van der Waals surface area contributed by atoms with Gasteiger partial charge in [0.05, 0.1) is 0 Å². The number of carbonyl (C=O) groups is 1. The SMILES string of the molecule is C[C@@H]([CH]c1cccc(Br)c1)C(N)=O. The van der Waals surface area contributed by atoms with Crippen molar-refractivity contribution in [2.75, 3.05) is 0 Å². The van der Waals surface area contributed by atoms with Crippen LogP contribution in [-0.2, 0) is 4.79 Å². The Labute approximate surface area is 86.3 Å². The summed E-state index contributed by atoms with van der Waals surface area (Å²) in [4.78, 5) is 10.8. The fourth-order valence-corrected chi connectivity index (χ4v) is 1.40. The molecule has 1 aromatic carbocycles. The van der Waals surface area contributed by atoms with E-state index in [1.54, 1.807) is 6.92 Å². The van der Waals surface area contributed by atoms with Gasteiger partial charge >= 0.3 is 0 Å². The molecule has 0 aliphatic rings. The van der Waals surface area contributed by atoms with E-state index in [1.165, 1.54) is 0 Å². The number of primary amides is 1. The number of hydrogen-bond acceptors (Lipinski definition) is 1. The van der Waals surface area contributed by atoms with Crippen LogP contribution >= 0.6 is 15.9 Å². The quantitative estimate of drug-likeness (QED) is 0.865. The summed E-state index contributed by atoms with van der Waals surface area (Å²) in [5, 5.41) is 0. The molecule has 2 nitrogen and oxygen atoms in total. The third kappa shape index (κ3) is 3.19. The summed E-state index contributed by atoms with van der Waals surface area (Å²) in [5.41, 5.74) is 6.14. The highest BCUT2D eigenvalue weighted by Gasteiger charge is 2.09. The molecule has 0 bridgehead atoms. The number of hydrogen-bond donors (Lipinski definition) is 1. The lowest BCUT2D eigenvalue weighted by Crippen LogP contribution is -2.21. The molecule has 0 spiro atoms. The zero-order valence-electron chi connectivity index (χ0n) is 7.33.